The van der Waals surface area contributed by atoms with E-state index >= 15 is 0 Å². The second-order valence-electron chi connectivity index (χ2n) is 3.24. The van der Waals surface area contributed by atoms with Crippen molar-refractivity contribution in [1.29, 1.82) is 0 Å². The molecule has 0 saturated carbocycles. The fourth-order valence-corrected chi connectivity index (χ4v) is 0.655. The maximum atomic E-state index is 10.2. The van der Waals surface area contributed by atoms with Gasteiger partial charge in [0.05, 0.1) is 12.8 Å². The van der Waals surface area contributed by atoms with Crippen LogP contribution in [0.5, 0.6) is 0 Å². The van der Waals surface area contributed by atoms with E-state index in [9.17, 15) is 28.8 Å². The second-order valence-corrected chi connectivity index (χ2v) is 3.24. The molecule has 0 aromatic carbocycles. The molecule has 0 spiro atoms. The fraction of sp³-hybridized carbons (Fsp3) is 0.400. The molecule has 11 nitrogen and oxygen atoms in total. The first-order chi connectivity index (χ1) is 9.07. The molecule has 0 unspecified atom stereocenters. The number of carbonyl (C=O) groups excluding carboxylic acids is 2. The van der Waals surface area contributed by atoms with Gasteiger partial charge in [0.15, 0.2) is 0 Å². The van der Waals surface area contributed by atoms with E-state index in [0.29, 0.717) is 0 Å². The van der Waals surface area contributed by atoms with Crippen molar-refractivity contribution in [1.82, 2.24) is 0 Å². The van der Waals surface area contributed by atoms with Crippen LogP contribution in [-0.4, -0.2) is 61.3 Å². The van der Waals surface area contributed by atoms with E-state index in [1.165, 1.54) is 0 Å². The van der Waals surface area contributed by atoms with Gasteiger partial charge in [0.1, 0.15) is 0 Å². The first-order valence-corrected chi connectivity index (χ1v) is 5.03. The summed E-state index contributed by atoms with van der Waals surface area (Å²) in [4.78, 5) is 59.5. The van der Waals surface area contributed by atoms with Crippen LogP contribution in [0.15, 0.2) is 0 Å². The highest BCUT2D eigenvalue weighted by Crippen LogP contribution is 1.90. The lowest BCUT2D eigenvalue weighted by molar-refractivity contribution is -0.150. The number of rotatable bonds is 8. The third kappa shape index (κ3) is 17.2. The number of aliphatic carboxylic acids is 4. The summed E-state index contributed by atoms with van der Waals surface area (Å²) in [5, 5.41) is 31.9. The Morgan fingerprint density at radius 2 is 0.762 bits per heavy atom. The number of Topliss-reactive ketones (excluding diaryl/α,β-unsaturated/α-hetero) is 2. The number of hydrogen-bond donors (Lipinski definition) is 4. The van der Waals surface area contributed by atoms with Crippen molar-refractivity contribution in [2.75, 3.05) is 0 Å². The monoisotopic (exact) mass is 310 g/mol. The maximum absolute atomic E-state index is 10.2. The molecular formula is C10H14O11. The van der Waals surface area contributed by atoms with Crippen LogP contribution in [0.2, 0.25) is 0 Å². The Morgan fingerprint density at radius 1 is 0.524 bits per heavy atom. The average Bonchev–Trinajstić information content (AvgIpc) is 2.33. The van der Waals surface area contributed by atoms with Gasteiger partial charge in [0.25, 0.3) is 0 Å². The normalized spacial score (nSPS) is 8.38. The van der Waals surface area contributed by atoms with Crippen LogP contribution in [0.4, 0.5) is 0 Å². The molecule has 120 valence electrons. The summed E-state index contributed by atoms with van der Waals surface area (Å²) in [5.41, 5.74) is 0. The van der Waals surface area contributed by atoms with Crippen LogP contribution in [0, 0.1) is 0 Å². The molecule has 0 aliphatic rings. The van der Waals surface area contributed by atoms with Crippen molar-refractivity contribution in [3.8, 4) is 0 Å². The predicted octanol–water partition coefficient (Wildman–Crippen LogP) is -1.81. The summed E-state index contributed by atoms with van der Waals surface area (Å²) in [6.07, 6.45) is -1.73. The molecule has 0 aliphatic heterocycles. The zero-order valence-corrected chi connectivity index (χ0v) is 10.6. The summed E-state index contributed by atoms with van der Waals surface area (Å²) in [6.45, 7) is 0. The van der Waals surface area contributed by atoms with Gasteiger partial charge in [-0.3, -0.25) is 19.2 Å². The highest BCUT2D eigenvalue weighted by Gasteiger charge is 2.12. The van der Waals surface area contributed by atoms with Crippen molar-refractivity contribution >= 4 is 35.4 Å². The van der Waals surface area contributed by atoms with Gasteiger partial charge in [-0.25, -0.2) is 9.59 Å². The van der Waals surface area contributed by atoms with Crippen molar-refractivity contribution in [3.05, 3.63) is 0 Å². The molecule has 0 aliphatic carbocycles. The van der Waals surface area contributed by atoms with E-state index in [1.54, 1.807) is 0 Å². The van der Waals surface area contributed by atoms with Crippen LogP contribution >= 0.6 is 0 Å². The minimum absolute atomic E-state index is 0. The van der Waals surface area contributed by atoms with Gasteiger partial charge in [-0.05, 0) is 0 Å². The van der Waals surface area contributed by atoms with Gasteiger partial charge >= 0.3 is 23.9 Å². The zero-order valence-electron chi connectivity index (χ0n) is 10.6. The van der Waals surface area contributed by atoms with Crippen molar-refractivity contribution < 1.29 is 54.7 Å². The number of ketones is 2. The highest BCUT2D eigenvalue weighted by molar-refractivity contribution is 6.33. The molecule has 0 aromatic heterocycles. The molecule has 6 N–H and O–H groups in total. The molecule has 0 bridgehead atoms. The number of carboxylic acid groups (broad SMARTS) is 4. The Labute approximate surface area is 117 Å². The molecule has 0 heterocycles. The van der Waals surface area contributed by atoms with Crippen molar-refractivity contribution in [2.45, 2.75) is 25.7 Å². The highest BCUT2D eigenvalue weighted by atomic mass is 16.4. The van der Waals surface area contributed by atoms with Gasteiger partial charge in [0.2, 0.25) is 11.6 Å². The first-order valence-electron chi connectivity index (χ1n) is 5.03. The predicted molar refractivity (Wildman–Crippen MR) is 62.6 cm³/mol. The summed E-state index contributed by atoms with van der Waals surface area (Å²) < 4.78 is 0. The van der Waals surface area contributed by atoms with E-state index < -0.39 is 61.1 Å². The molecule has 0 radical (unpaired) electrons. The molecule has 0 aromatic rings. The van der Waals surface area contributed by atoms with Crippen LogP contribution in [0.25, 0.3) is 0 Å². The van der Waals surface area contributed by atoms with Gasteiger partial charge in [0, 0.05) is 12.8 Å². The molecule has 21 heavy (non-hydrogen) atoms. The third-order valence-electron chi connectivity index (χ3n) is 1.61. The van der Waals surface area contributed by atoms with Crippen LogP contribution in [0.1, 0.15) is 25.7 Å². The molecule has 0 rings (SSSR count). The van der Waals surface area contributed by atoms with Crippen LogP contribution in [-0.2, 0) is 28.8 Å². The summed E-state index contributed by atoms with van der Waals surface area (Å²) >= 11 is 0. The van der Waals surface area contributed by atoms with E-state index in [-0.39, 0.29) is 5.48 Å². The lowest BCUT2D eigenvalue weighted by Gasteiger charge is -1.88. The Kier molecular flexibility index (Phi) is 13.6. The van der Waals surface area contributed by atoms with Crippen LogP contribution < -0.4 is 0 Å². The van der Waals surface area contributed by atoms with E-state index in [1.807, 2.05) is 0 Å². The van der Waals surface area contributed by atoms with E-state index in [0.717, 1.165) is 0 Å². The first kappa shape index (κ1) is 23.3. The Balaban J connectivity index is -0.000000295. The standard InChI is InChI=1S/2C5H6O5.H2O/c2*6-3(5(9)10)1-2-4(7)8;/h2*1-2H2,(H,7,8)(H,9,10);1H2. The minimum Gasteiger partial charge on any atom is -0.481 e. The largest absolute Gasteiger partial charge is 0.481 e. The van der Waals surface area contributed by atoms with Crippen molar-refractivity contribution in [2.24, 2.45) is 0 Å². The number of carbonyl (C=O) groups is 6. The Morgan fingerprint density at radius 3 is 0.905 bits per heavy atom. The summed E-state index contributed by atoms with van der Waals surface area (Å²) in [7, 11) is 0. The average molecular weight is 310 g/mol. The second kappa shape index (κ2) is 12.2. The summed E-state index contributed by atoms with van der Waals surface area (Å²) in [5.74, 6) is -7.64. The fourth-order valence-electron chi connectivity index (χ4n) is 0.655. The Bertz CT molecular complexity index is 383. The van der Waals surface area contributed by atoms with Crippen LogP contribution in [0.3, 0.4) is 0 Å². The van der Waals surface area contributed by atoms with E-state index in [4.69, 9.17) is 20.4 Å². The lowest BCUT2D eigenvalue weighted by atomic mass is 10.2. The van der Waals surface area contributed by atoms with Crippen molar-refractivity contribution in [3.63, 3.8) is 0 Å². The van der Waals surface area contributed by atoms with Gasteiger partial charge < -0.3 is 25.9 Å². The molecule has 0 fully saturated rings. The molecule has 0 atom stereocenters. The molecular weight excluding hydrogens is 296 g/mol. The van der Waals surface area contributed by atoms with Gasteiger partial charge in [-0.1, -0.05) is 0 Å². The SMILES string of the molecule is O.O=C(O)CCC(=O)C(=O)O.O=C(O)CCC(=O)C(=O)O. The zero-order chi connectivity index (χ0) is 16.3. The van der Waals surface area contributed by atoms with E-state index in [2.05, 4.69) is 0 Å². The third-order valence-corrected chi connectivity index (χ3v) is 1.61. The molecule has 11 heteroatoms. The minimum atomic E-state index is -1.58. The van der Waals surface area contributed by atoms with Gasteiger partial charge in [-0.15, -0.1) is 0 Å². The molecule has 0 amide bonds. The van der Waals surface area contributed by atoms with Gasteiger partial charge in [-0.2, -0.15) is 0 Å². The Hall–Kier alpha value is -2.82. The smallest absolute Gasteiger partial charge is 0.372 e. The topological polar surface area (TPSA) is 215 Å². The quantitative estimate of drug-likeness (QED) is 0.368. The maximum Gasteiger partial charge on any atom is 0.372 e. The number of carboxylic acids is 4. The molecule has 0 saturated heterocycles. The lowest BCUT2D eigenvalue weighted by Crippen LogP contribution is -2.13. The summed E-state index contributed by atoms with van der Waals surface area (Å²) in [6, 6.07) is 0. The number of hydrogen-bond acceptors (Lipinski definition) is 6.